The molecule has 0 unspecified atom stereocenters. The van der Waals surface area contributed by atoms with Gasteiger partial charge in [-0.2, -0.15) is 0 Å². The number of hydrogen-bond acceptors (Lipinski definition) is 0. The Balaban J connectivity index is 2.02. The van der Waals surface area contributed by atoms with Gasteiger partial charge in [0.1, 0.15) is 0 Å². The van der Waals surface area contributed by atoms with Gasteiger partial charge in [0.25, 0.3) is 0 Å². The molecule has 0 aliphatic rings. The van der Waals surface area contributed by atoms with E-state index in [-0.39, 0.29) is 0 Å². The summed E-state index contributed by atoms with van der Waals surface area (Å²) >= 11 is 0. The van der Waals surface area contributed by atoms with Gasteiger partial charge < -0.3 is 0 Å². The van der Waals surface area contributed by atoms with Gasteiger partial charge in [-0.1, -0.05) is 126 Å². The van der Waals surface area contributed by atoms with Crippen LogP contribution in [0.1, 0.15) is 22.3 Å². The first-order chi connectivity index (χ1) is 14.9. The Labute approximate surface area is 188 Å². The molecule has 0 N–H and O–H groups in total. The molecule has 31 heavy (non-hydrogen) atoms. The lowest BCUT2D eigenvalue weighted by atomic mass is 10.2. The lowest BCUT2D eigenvalue weighted by molar-refractivity contribution is 1.48. The second-order valence-electron chi connectivity index (χ2n) is 8.42. The van der Waals surface area contributed by atoms with E-state index in [1.54, 1.807) is 0 Å². The van der Waals surface area contributed by atoms with Gasteiger partial charge in [0, 0.05) is 0 Å². The maximum atomic E-state index is 5.11. The molecule has 0 heterocycles. The summed E-state index contributed by atoms with van der Waals surface area (Å²) in [4.78, 5) is 0. The second kappa shape index (κ2) is 9.00. The van der Waals surface area contributed by atoms with Crippen molar-refractivity contribution in [1.82, 2.24) is 0 Å². The normalized spacial score (nSPS) is 11.6. The van der Waals surface area contributed by atoms with Crippen molar-refractivity contribution in [2.24, 2.45) is 0 Å². The lowest BCUT2D eigenvalue weighted by Gasteiger charge is -2.36. The Hall–Kier alpha value is -2.39. The maximum absolute atomic E-state index is 5.11. The summed E-state index contributed by atoms with van der Waals surface area (Å²) in [6.07, 6.45) is 5.11. The van der Waals surface area contributed by atoms with Crippen LogP contribution in [0, 0.1) is 27.7 Å². The SMILES string of the molecule is C=P(c1ccc(C)cc1)(c1ccc(C)cc1)P(c1ccc(C)cc1)c1ccc(C)cc1. The molecule has 0 aliphatic carbocycles. The first-order valence-corrected chi connectivity index (χ1v) is 14.7. The first-order valence-electron chi connectivity index (χ1n) is 10.7. The van der Waals surface area contributed by atoms with Crippen LogP contribution < -0.4 is 21.2 Å². The molecule has 0 nitrogen and oxygen atoms in total. The largest absolute Gasteiger partial charge is 0.0883 e. The quantitative estimate of drug-likeness (QED) is 0.317. The van der Waals surface area contributed by atoms with Crippen molar-refractivity contribution in [3.63, 3.8) is 0 Å². The zero-order valence-corrected chi connectivity index (χ0v) is 20.6. The minimum Gasteiger partial charge on any atom is -0.0883 e. The maximum Gasteiger partial charge on any atom is -0.0116 e. The predicted octanol–water partition coefficient (Wildman–Crippen LogP) is 6.37. The van der Waals surface area contributed by atoms with Crippen LogP contribution in [0.4, 0.5) is 0 Å². The van der Waals surface area contributed by atoms with Gasteiger partial charge in [-0.05, 0) is 63.1 Å². The van der Waals surface area contributed by atoms with Crippen LogP contribution in [0.2, 0.25) is 0 Å². The molecule has 0 atom stereocenters. The molecule has 0 aliphatic heterocycles. The monoisotopic (exact) mass is 440 g/mol. The molecule has 4 aromatic rings. The van der Waals surface area contributed by atoms with Crippen LogP contribution in [0.15, 0.2) is 97.1 Å². The van der Waals surface area contributed by atoms with E-state index in [9.17, 15) is 0 Å². The molecule has 0 saturated heterocycles. The van der Waals surface area contributed by atoms with E-state index in [0.717, 1.165) is 0 Å². The molecular formula is C29H30P2. The Bertz CT molecular complexity index is 1100. The summed E-state index contributed by atoms with van der Waals surface area (Å²) in [7, 11) is -0.693. The Morgan fingerprint density at radius 1 is 0.452 bits per heavy atom. The molecule has 0 spiro atoms. The van der Waals surface area contributed by atoms with Crippen molar-refractivity contribution in [2.45, 2.75) is 27.7 Å². The van der Waals surface area contributed by atoms with Crippen molar-refractivity contribution in [2.75, 3.05) is 0 Å². The Morgan fingerprint density at radius 3 is 1.00 bits per heavy atom. The van der Waals surface area contributed by atoms with E-state index < -0.39 is 14.2 Å². The molecule has 0 saturated carbocycles. The van der Waals surface area contributed by atoms with Crippen molar-refractivity contribution >= 4 is 41.7 Å². The smallest absolute Gasteiger partial charge is 0.0116 e. The fraction of sp³-hybridized carbons (Fsp3) is 0.138. The summed E-state index contributed by atoms with van der Waals surface area (Å²) in [5, 5.41) is 5.53. The minimum absolute atomic E-state index is 0.693. The molecule has 2 heteroatoms. The third-order valence-electron chi connectivity index (χ3n) is 5.82. The summed E-state index contributed by atoms with van der Waals surface area (Å²) < 4.78 is 0. The molecule has 0 amide bonds. The van der Waals surface area contributed by atoms with Crippen LogP contribution in [-0.4, -0.2) is 6.30 Å². The molecule has 156 valence electrons. The predicted molar refractivity (Wildman–Crippen MR) is 144 cm³/mol. The third-order valence-corrected chi connectivity index (χ3v) is 15.2. The number of aryl methyl sites for hydroxylation is 4. The highest BCUT2D eigenvalue weighted by atomic mass is 32.1. The van der Waals surface area contributed by atoms with Crippen molar-refractivity contribution in [3.05, 3.63) is 119 Å². The van der Waals surface area contributed by atoms with Gasteiger partial charge in [0.05, 0.1) is 0 Å². The zero-order valence-electron chi connectivity index (χ0n) is 18.8. The second-order valence-corrected chi connectivity index (χ2v) is 15.9. The number of rotatable bonds is 5. The van der Waals surface area contributed by atoms with Crippen molar-refractivity contribution in [3.8, 4) is 0 Å². The summed E-state index contributed by atoms with van der Waals surface area (Å²) in [5.41, 5.74) is 5.16. The Morgan fingerprint density at radius 2 is 0.710 bits per heavy atom. The lowest BCUT2D eigenvalue weighted by Crippen LogP contribution is -2.23. The Kier molecular flexibility index (Phi) is 6.34. The molecule has 0 fully saturated rings. The highest BCUT2D eigenvalue weighted by Gasteiger charge is 2.32. The van der Waals surface area contributed by atoms with E-state index in [1.165, 1.54) is 43.5 Å². The van der Waals surface area contributed by atoms with Crippen LogP contribution in [0.5, 0.6) is 0 Å². The van der Waals surface area contributed by atoms with Crippen LogP contribution in [0.25, 0.3) is 0 Å². The van der Waals surface area contributed by atoms with Crippen molar-refractivity contribution in [1.29, 1.82) is 0 Å². The highest BCUT2D eigenvalue weighted by Crippen LogP contribution is 2.71. The molecule has 4 aromatic carbocycles. The fourth-order valence-corrected chi connectivity index (χ4v) is 13.2. The van der Waals surface area contributed by atoms with Crippen LogP contribution >= 0.6 is 14.2 Å². The topological polar surface area (TPSA) is 0 Å². The standard InChI is InChI=1S/C29H30P2/c1-22-6-14-26(15-7-22)30(27-16-8-23(2)9-17-27)31(5,28-18-10-24(3)11-19-28)29-20-12-25(4)13-21-29/h6-21H,5H2,1-4H3. The van der Waals surface area contributed by atoms with Crippen molar-refractivity contribution < 1.29 is 0 Å². The molecule has 0 bridgehead atoms. The van der Waals surface area contributed by atoms with E-state index in [4.69, 9.17) is 6.30 Å². The van der Waals surface area contributed by atoms with E-state index in [0.29, 0.717) is 0 Å². The molecule has 4 rings (SSSR count). The van der Waals surface area contributed by atoms with Gasteiger partial charge >= 0.3 is 0 Å². The van der Waals surface area contributed by atoms with Crippen LogP contribution in [0.3, 0.4) is 0 Å². The van der Waals surface area contributed by atoms with Gasteiger partial charge in [-0.3, -0.25) is 0 Å². The summed E-state index contributed by atoms with van der Waals surface area (Å²) in [6.45, 7) is 6.64. The van der Waals surface area contributed by atoms with E-state index in [1.807, 2.05) is 0 Å². The average Bonchev–Trinajstić information content (AvgIpc) is 2.77. The highest BCUT2D eigenvalue weighted by molar-refractivity contribution is 8.48. The number of benzene rings is 4. The average molecular weight is 441 g/mol. The van der Waals surface area contributed by atoms with Gasteiger partial charge in [-0.15, -0.1) is 0 Å². The summed E-state index contributed by atoms with van der Waals surface area (Å²) in [5.74, 6) is 0. The van der Waals surface area contributed by atoms with Crippen LogP contribution in [-0.2, 0) is 0 Å². The zero-order chi connectivity index (χ0) is 22.0. The minimum atomic E-state index is -1.98. The van der Waals surface area contributed by atoms with Gasteiger partial charge in [-0.25, -0.2) is 0 Å². The number of hydrogen-bond donors (Lipinski definition) is 0. The molecular weight excluding hydrogens is 410 g/mol. The first kappa shape index (κ1) is 21.8. The van der Waals surface area contributed by atoms with Gasteiger partial charge in [0.15, 0.2) is 0 Å². The van der Waals surface area contributed by atoms with E-state index in [2.05, 4.69) is 125 Å². The van der Waals surface area contributed by atoms with Gasteiger partial charge in [0.2, 0.25) is 0 Å². The summed E-state index contributed by atoms with van der Waals surface area (Å²) in [6, 6.07) is 36.5. The van der Waals surface area contributed by atoms with E-state index >= 15 is 0 Å². The third kappa shape index (κ3) is 4.48. The molecule has 0 radical (unpaired) electrons. The fourth-order valence-electron chi connectivity index (χ4n) is 3.88. The molecule has 0 aromatic heterocycles.